The van der Waals surface area contributed by atoms with Gasteiger partial charge in [0.25, 0.3) is 5.91 Å². The smallest absolute Gasteiger partial charge is 0.387 e. The van der Waals surface area contributed by atoms with Gasteiger partial charge < -0.3 is 10.4 Å². The summed E-state index contributed by atoms with van der Waals surface area (Å²) in [5.74, 6) is -0.500. The predicted molar refractivity (Wildman–Crippen MR) is 76.7 cm³/mol. The summed E-state index contributed by atoms with van der Waals surface area (Å²) in [5.41, 5.74) is 0.202. The molecule has 8 heteroatoms. The van der Waals surface area contributed by atoms with Crippen molar-refractivity contribution in [2.24, 2.45) is 7.05 Å². The molecule has 1 unspecified atom stereocenters. The van der Waals surface area contributed by atoms with Gasteiger partial charge in [-0.05, 0) is 30.7 Å². The molecular formula is C15H16F3N3O2. The third kappa shape index (κ3) is 4.10. The monoisotopic (exact) mass is 327 g/mol. The van der Waals surface area contributed by atoms with Crippen molar-refractivity contribution in [2.45, 2.75) is 19.2 Å². The number of nitrogens with one attached hydrogen (secondary N) is 1. The molecule has 0 spiro atoms. The summed E-state index contributed by atoms with van der Waals surface area (Å²) in [5, 5.41) is 16.4. The highest BCUT2D eigenvalue weighted by molar-refractivity contribution is 5.92. The van der Waals surface area contributed by atoms with Crippen molar-refractivity contribution in [3.63, 3.8) is 0 Å². The van der Waals surface area contributed by atoms with Crippen molar-refractivity contribution in [1.82, 2.24) is 15.1 Å². The molecule has 0 radical (unpaired) electrons. The molecule has 1 atom stereocenters. The van der Waals surface area contributed by atoms with E-state index in [2.05, 4.69) is 10.4 Å². The Morgan fingerprint density at radius 3 is 2.65 bits per heavy atom. The van der Waals surface area contributed by atoms with Crippen molar-refractivity contribution in [2.75, 3.05) is 6.54 Å². The minimum absolute atomic E-state index is 0.0809. The molecule has 5 nitrogen and oxygen atoms in total. The van der Waals surface area contributed by atoms with E-state index in [-0.39, 0.29) is 17.8 Å². The lowest BCUT2D eigenvalue weighted by atomic mass is 10.1. The van der Waals surface area contributed by atoms with Crippen molar-refractivity contribution < 1.29 is 23.1 Å². The molecule has 0 fully saturated rings. The zero-order chi connectivity index (χ0) is 17.2. The number of aromatic nitrogens is 2. The van der Waals surface area contributed by atoms with Gasteiger partial charge in [0.15, 0.2) is 0 Å². The van der Waals surface area contributed by atoms with Crippen LogP contribution in [0.15, 0.2) is 30.3 Å². The van der Waals surface area contributed by atoms with Crippen molar-refractivity contribution >= 4 is 5.91 Å². The maximum absolute atomic E-state index is 12.6. The summed E-state index contributed by atoms with van der Waals surface area (Å²) in [6.45, 7) is 1.57. The lowest BCUT2D eigenvalue weighted by molar-refractivity contribution is -0.137. The van der Waals surface area contributed by atoms with Gasteiger partial charge in [0.1, 0.15) is 5.69 Å². The molecule has 1 aromatic heterocycles. The average Bonchev–Trinajstić information content (AvgIpc) is 2.83. The molecule has 0 aliphatic rings. The molecule has 0 saturated carbocycles. The van der Waals surface area contributed by atoms with Crippen LogP contribution < -0.4 is 5.32 Å². The zero-order valence-corrected chi connectivity index (χ0v) is 12.6. The summed E-state index contributed by atoms with van der Waals surface area (Å²) in [4.78, 5) is 11.9. The number of aliphatic hydroxyl groups excluding tert-OH is 1. The number of aliphatic hydroxyl groups is 1. The van der Waals surface area contributed by atoms with Gasteiger partial charge in [-0.2, -0.15) is 18.3 Å². The van der Waals surface area contributed by atoms with Crippen LogP contribution in [0, 0.1) is 6.92 Å². The number of amides is 1. The van der Waals surface area contributed by atoms with E-state index in [4.69, 9.17) is 0 Å². The summed E-state index contributed by atoms with van der Waals surface area (Å²) < 4.78 is 39.5. The van der Waals surface area contributed by atoms with Crippen molar-refractivity contribution in [1.29, 1.82) is 0 Å². The number of hydrogen-bond acceptors (Lipinski definition) is 3. The van der Waals surface area contributed by atoms with E-state index in [0.29, 0.717) is 0 Å². The lowest BCUT2D eigenvalue weighted by Gasteiger charge is -2.14. The quantitative estimate of drug-likeness (QED) is 0.905. The molecule has 1 amide bonds. The Morgan fingerprint density at radius 2 is 2.09 bits per heavy atom. The molecule has 0 saturated heterocycles. The highest BCUT2D eigenvalue weighted by atomic mass is 19.4. The Labute approximate surface area is 130 Å². The van der Waals surface area contributed by atoms with E-state index < -0.39 is 23.8 Å². The standard InChI is InChI=1S/C15H16F3N3O2/c1-9-6-12(20-21(9)2)14(23)19-8-13(22)10-4-3-5-11(7-10)15(16,17)18/h3-7,13,22H,8H2,1-2H3,(H,19,23). The molecule has 0 aliphatic carbocycles. The van der Waals surface area contributed by atoms with E-state index in [1.54, 1.807) is 20.0 Å². The Hall–Kier alpha value is -2.35. The van der Waals surface area contributed by atoms with Gasteiger partial charge >= 0.3 is 6.18 Å². The first-order valence-corrected chi connectivity index (χ1v) is 6.82. The second-order valence-electron chi connectivity index (χ2n) is 5.14. The number of aryl methyl sites for hydroxylation is 2. The molecule has 0 bridgehead atoms. The molecule has 2 rings (SSSR count). The molecule has 23 heavy (non-hydrogen) atoms. The van der Waals surface area contributed by atoms with Crippen molar-refractivity contribution in [3.05, 3.63) is 52.8 Å². The number of carbonyl (C=O) groups excluding carboxylic acids is 1. The van der Waals surface area contributed by atoms with E-state index >= 15 is 0 Å². The first kappa shape index (κ1) is 17.0. The van der Waals surface area contributed by atoms with Crippen LogP contribution in [0.25, 0.3) is 0 Å². The fourth-order valence-electron chi connectivity index (χ4n) is 1.99. The molecule has 0 aliphatic heterocycles. The first-order chi connectivity index (χ1) is 10.7. The number of carbonyl (C=O) groups is 1. The number of benzene rings is 1. The van der Waals surface area contributed by atoms with E-state index in [0.717, 1.165) is 17.8 Å². The maximum Gasteiger partial charge on any atom is 0.416 e. The summed E-state index contributed by atoms with van der Waals surface area (Å²) >= 11 is 0. The Bertz CT molecular complexity index is 691. The minimum atomic E-state index is -4.48. The van der Waals surface area contributed by atoms with E-state index in [9.17, 15) is 23.1 Å². The number of alkyl halides is 3. The highest BCUT2D eigenvalue weighted by Crippen LogP contribution is 2.30. The van der Waals surface area contributed by atoms with Gasteiger partial charge in [0.2, 0.25) is 0 Å². The lowest BCUT2D eigenvalue weighted by Crippen LogP contribution is -2.28. The van der Waals surface area contributed by atoms with Gasteiger partial charge in [-0.1, -0.05) is 12.1 Å². The molecular weight excluding hydrogens is 311 g/mol. The Morgan fingerprint density at radius 1 is 1.39 bits per heavy atom. The van der Waals surface area contributed by atoms with Crippen LogP contribution in [0.3, 0.4) is 0 Å². The second kappa shape index (κ2) is 6.41. The maximum atomic E-state index is 12.6. The van der Waals surface area contributed by atoms with E-state index in [1.165, 1.54) is 16.8 Å². The van der Waals surface area contributed by atoms with Crippen LogP contribution in [0.4, 0.5) is 13.2 Å². The molecule has 1 aromatic carbocycles. The van der Waals surface area contributed by atoms with Crippen LogP contribution in [0.1, 0.15) is 33.4 Å². The van der Waals surface area contributed by atoms with Crippen LogP contribution in [0.5, 0.6) is 0 Å². The average molecular weight is 327 g/mol. The van der Waals surface area contributed by atoms with Crippen LogP contribution >= 0.6 is 0 Å². The number of halogens is 3. The largest absolute Gasteiger partial charge is 0.416 e. The topological polar surface area (TPSA) is 67.2 Å². The van der Waals surface area contributed by atoms with Crippen LogP contribution in [0.2, 0.25) is 0 Å². The summed E-state index contributed by atoms with van der Waals surface area (Å²) in [7, 11) is 1.68. The first-order valence-electron chi connectivity index (χ1n) is 6.82. The number of hydrogen-bond donors (Lipinski definition) is 2. The molecule has 1 heterocycles. The Balaban J connectivity index is 2.02. The number of nitrogens with zero attached hydrogens (tertiary/aromatic N) is 2. The van der Waals surface area contributed by atoms with Crippen LogP contribution in [-0.4, -0.2) is 27.3 Å². The molecule has 2 N–H and O–H groups in total. The Kier molecular flexibility index (Phi) is 4.74. The van der Waals surface area contributed by atoms with Gasteiger partial charge in [-0.3, -0.25) is 9.48 Å². The highest BCUT2D eigenvalue weighted by Gasteiger charge is 2.30. The normalized spacial score (nSPS) is 13.0. The SMILES string of the molecule is Cc1cc(C(=O)NCC(O)c2cccc(C(F)(F)F)c2)nn1C. The van der Waals surface area contributed by atoms with Crippen molar-refractivity contribution in [3.8, 4) is 0 Å². The summed E-state index contributed by atoms with van der Waals surface area (Å²) in [6, 6.07) is 5.95. The van der Waals surface area contributed by atoms with Gasteiger partial charge in [-0.15, -0.1) is 0 Å². The number of rotatable bonds is 4. The predicted octanol–water partition coefficient (Wildman–Crippen LogP) is 2.21. The van der Waals surface area contributed by atoms with Crippen LogP contribution in [-0.2, 0) is 13.2 Å². The molecule has 124 valence electrons. The molecule has 2 aromatic rings. The fourth-order valence-corrected chi connectivity index (χ4v) is 1.99. The zero-order valence-electron chi connectivity index (χ0n) is 12.6. The minimum Gasteiger partial charge on any atom is -0.387 e. The third-order valence-corrected chi connectivity index (χ3v) is 3.40. The fraction of sp³-hybridized carbons (Fsp3) is 0.333. The summed E-state index contributed by atoms with van der Waals surface area (Å²) in [6.07, 6.45) is -5.73. The third-order valence-electron chi connectivity index (χ3n) is 3.40. The van der Waals surface area contributed by atoms with Gasteiger partial charge in [0, 0.05) is 19.3 Å². The van der Waals surface area contributed by atoms with Gasteiger partial charge in [0.05, 0.1) is 11.7 Å². The second-order valence-corrected chi connectivity index (χ2v) is 5.14. The van der Waals surface area contributed by atoms with E-state index in [1.807, 2.05) is 0 Å². The van der Waals surface area contributed by atoms with Gasteiger partial charge in [-0.25, -0.2) is 0 Å².